The summed E-state index contributed by atoms with van der Waals surface area (Å²) in [5, 5.41) is 0. The molecule has 1 aromatic carbocycles. The zero-order chi connectivity index (χ0) is 15.1. The molecule has 0 aliphatic carbocycles. The summed E-state index contributed by atoms with van der Waals surface area (Å²) in [6, 6.07) is 6.20. The average molecular weight is 311 g/mol. The number of carbonyl (C=O) groups excluding carboxylic acids is 1. The summed E-state index contributed by atoms with van der Waals surface area (Å²) >= 11 is 1.70. The average Bonchev–Trinajstić information content (AvgIpc) is 2.51. The van der Waals surface area contributed by atoms with E-state index < -0.39 is 0 Å². The predicted molar refractivity (Wildman–Crippen MR) is 84.2 cm³/mol. The first-order valence-electron chi connectivity index (χ1n) is 7.34. The van der Waals surface area contributed by atoms with Gasteiger partial charge in [0.1, 0.15) is 11.6 Å². The van der Waals surface area contributed by atoms with Crippen molar-refractivity contribution in [3.05, 3.63) is 30.1 Å². The zero-order valence-electron chi connectivity index (χ0n) is 12.4. The van der Waals surface area contributed by atoms with Gasteiger partial charge in [0.05, 0.1) is 6.61 Å². The molecule has 0 aromatic heterocycles. The normalized spacial score (nSPS) is 18.6. The van der Waals surface area contributed by atoms with Crippen LogP contribution >= 0.6 is 11.8 Å². The number of benzene rings is 1. The molecule has 116 valence electrons. The highest BCUT2D eigenvalue weighted by Crippen LogP contribution is 2.20. The van der Waals surface area contributed by atoms with Crippen molar-refractivity contribution in [1.82, 2.24) is 4.90 Å². The van der Waals surface area contributed by atoms with Gasteiger partial charge in [-0.15, -0.1) is 0 Å². The van der Waals surface area contributed by atoms with E-state index in [9.17, 15) is 9.18 Å². The lowest BCUT2D eigenvalue weighted by atomic mass is 9.99. The van der Waals surface area contributed by atoms with Crippen molar-refractivity contribution < 1.29 is 13.9 Å². The molecule has 1 atom stereocenters. The monoisotopic (exact) mass is 311 g/mol. The van der Waals surface area contributed by atoms with Gasteiger partial charge in [0.25, 0.3) is 0 Å². The second kappa shape index (κ2) is 8.27. The Labute approximate surface area is 129 Å². The smallest absolute Gasteiger partial charge is 0.223 e. The van der Waals surface area contributed by atoms with Gasteiger partial charge in [0, 0.05) is 37.2 Å². The molecule has 1 fully saturated rings. The molecule has 1 saturated heterocycles. The molecule has 0 unspecified atom stereocenters. The minimum absolute atomic E-state index is 0.236. The summed E-state index contributed by atoms with van der Waals surface area (Å²) in [4.78, 5) is 14.0. The zero-order valence-corrected chi connectivity index (χ0v) is 13.2. The lowest BCUT2D eigenvalue weighted by molar-refractivity contribution is -0.132. The summed E-state index contributed by atoms with van der Waals surface area (Å²) in [7, 11) is 0. The maximum Gasteiger partial charge on any atom is 0.223 e. The number of hydrogen-bond acceptors (Lipinski definition) is 3. The number of halogens is 1. The highest BCUT2D eigenvalue weighted by Gasteiger charge is 2.23. The van der Waals surface area contributed by atoms with Gasteiger partial charge < -0.3 is 9.64 Å². The van der Waals surface area contributed by atoms with Crippen molar-refractivity contribution in [2.24, 2.45) is 5.92 Å². The van der Waals surface area contributed by atoms with E-state index >= 15 is 0 Å². The van der Waals surface area contributed by atoms with E-state index in [1.165, 1.54) is 12.1 Å². The number of amides is 1. The number of hydrogen-bond donors (Lipinski definition) is 0. The summed E-state index contributed by atoms with van der Waals surface area (Å²) < 4.78 is 18.7. The van der Waals surface area contributed by atoms with Gasteiger partial charge in [-0.25, -0.2) is 4.39 Å². The Morgan fingerprint density at radius 1 is 1.52 bits per heavy atom. The van der Waals surface area contributed by atoms with Crippen molar-refractivity contribution in [2.75, 3.05) is 31.7 Å². The number of rotatable bonds is 6. The predicted octanol–water partition coefficient (Wildman–Crippen LogP) is 3.20. The first-order valence-corrected chi connectivity index (χ1v) is 8.73. The molecular formula is C16H22FNO2S. The fraction of sp³-hybridized carbons (Fsp3) is 0.562. The molecule has 1 aromatic rings. The summed E-state index contributed by atoms with van der Waals surface area (Å²) in [6.45, 7) is 2.14. The van der Waals surface area contributed by atoms with Crippen LogP contribution in [0.15, 0.2) is 24.3 Å². The second-order valence-electron chi connectivity index (χ2n) is 5.36. The lowest BCUT2D eigenvalue weighted by Crippen LogP contribution is -2.41. The Hall–Kier alpha value is -1.23. The van der Waals surface area contributed by atoms with Crippen LogP contribution in [0.25, 0.3) is 0 Å². The van der Waals surface area contributed by atoms with Crippen LogP contribution in [0.4, 0.5) is 4.39 Å². The highest BCUT2D eigenvalue weighted by molar-refractivity contribution is 7.98. The Kier molecular flexibility index (Phi) is 6.36. The molecule has 1 heterocycles. The highest BCUT2D eigenvalue weighted by atomic mass is 32.2. The van der Waals surface area contributed by atoms with Crippen molar-refractivity contribution in [2.45, 2.75) is 19.3 Å². The molecule has 0 N–H and O–H groups in total. The van der Waals surface area contributed by atoms with E-state index in [0.717, 1.165) is 31.7 Å². The van der Waals surface area contributed by atoms with E-state index in [0.29, 0.717) is 24.7 Å². The molecule has 2 rings (SSSR count). The minimum atomic E-state index is -0.287. The number of piperidine rings is 1. The number of thioether (sulfide) groups is 1. The molecule has 0 saturated carbocycles. The van der Waals surface area contributed by atoms with E-state index in [4.69, 9.17) is 4.74 Å². The summed E-state index contributed by atoms with van der Waals surface area (Å²) in [5.74, 6) is 1.71. The first-order chi connectivity index (χ1) is 10.2. The maximum atomic E-state index is 13.1. The number of ether oxygens (including phenoxy) is 1. The summed E-state index contributed by atoms with van der Waals surface area (Å²) in [5.41, 5.74) is 0. The van der Waals surface area contributed by atoms with Crippen LogP contribution in [0.2, 0.25) is 0 Å². The Morgan fingerprint density at radius 3 is 3.14 bits per heavy atom. The largest absolute Gasteiger partial charge is 0.493 e. The molecule has 0 spiro atoms. The van der Waals surface area contributed by atoms with Gasteiger partial charge in [0.15, 0.2) is 0 Å². The van der Waals surface area contributed by atoms with Crippen molar-refractivity contribution in [1.29, 1.82) is 0 Å². The van der Waals surface area contributed by atoms with Crippen molar-refractivity contribution in [3.63, 3.8) is 0 Å². The molecule has 5 heteroatoms. The van der Waals surface area contributed by atoms with Crippen LogP contribution in [-0.2, 0) is 4.79 Å². The van der Waals surface area contributed by atoms with Gasteiger partial charge >= 0.3 is 0 Å². The van der Waals surface area contributed by atoms with Crippen LogP contribution in [0.5, 0.6) is 5.75 Å². The SMILES string of the molecule is CSCCC(=O)N1CCC[C@H](COc2cccc(F)c2)C1. The van der Waals surface area contributed by atoms with Gasteiger partial charge in [-0.3, -0.25) is 4.79 Å². The number of carbonyl (C=O) groups is 1. The number of nitrogens with zero attached hydrogens (tertiary/aromatic N) is 1. The molecular weight excluding hydrogens is 289 g/mol. The standard InChI is InChI=1S/C16H22FNO2S/c1-21-9-7-16(19)18-8-3-4-13(11-18)12-20-15-6-2-5-14(17)10-15/h2,5-6,10,13H,3-4,7-9,11-12H2,1H3/t13-/m0/s1. The first kappa shape index (κ1) is 16.1. The maximum absolute atomic E-state index is 13.1. The minimum Gasteiger partial charge on any atom is -0.493 e. The second-order valence-corrected chi connectivity index (χ2v) is 6.34. The fourth-order valence-electron chi connectivity index (χ4n) is 2.55. The summed E-state index contributed by atoms with van der Waals surface area (Å²) in [6.07, 6.45) is 4.70. The molecule has 1 aliphatic rings. The van der Waals surface area contributed by atoms with Gasteiger partial charge in [-0.05, 0) is 31.2 Å². The van der Waals surface area contributed by atoms with Crippen molar-refractivity contribution in [3.8, 4) is 5.75 Å². The Bertz CT molecular complexity index is 469. The van der Waals surface area contributed by atoms with Crippen LogP contribution < -0.4 is 4.74 Å². The van der Waals surface area contributed by atoms with E-state index in [-0.39, 0.29) is 11.7 Å². The third kappa shape index (κ3) is 5.23. The Morgan fingerprint density at radius 2 is 2.38 bits per heavy atom. The molecule has 0 bridgehead atoms. The molecule has 21 heavy (non-hydrogen) atoms. The Balaban J connectivity index is 1.80. The third-order valence-electron chi connectivity index (χ3n) is 3.67. The van der Waals surface area contributed by atoms with Gasteiger partial charge in [-0.1, -0.05) is 6.07 Å². The van der Waals surface area contributed by atoms with E-state index in [1.54, 1.807) is 23.9 Å². The quantitative estimate of drug-likeness (QED) is 0.808. The topological polar surface area (TPSA) is 29.5 Å². The van der Waals surface area contributed by atoms with Crippen LogP contribution in [-0.4, -0.2) is 42.5 Å². The van der Waals surface area contributed by atoms with Gasteiger partial charge in [0.2, 0.25) is 5.91 Å². The lowest BCUT2D eigenvalue weighted by Gasteiger charge is -2.32. The molecule has 1 aliphatic heterocycles. The molecule has 0 radical (unpaired) electrons. The third-order valence-corrected chi connectivity index (χ3v) is 4.29. The number of likely N-dealkylation sites (tertiary alicyclic amines) is 1. The van der Waals surface area contributed by atoms with E-state index in [2.05, 4.69) is 0 Å². The fourth-order valence-corrected chi connectivity index (χ4v) is 2.92. The van der Waals surface area contributed by atoms with Gasteiger partial charge in [-0.2, -0.15) is 11.8 Å². The van der Waals surface area contributed by atoms with Crippen LogP contribution in [0, 0.1) is 11.7 Å². The van der Waals surface area contributed by atoms with Crippen LogP contribution in [0.3, 0.4) is 0 Å². The molecule has 1 amide bonds. The van der Waals surface area contributed by atoms with Crippen molar-refractivity contribution >= 4 is 17.7 Å². The van der Waals surface area contributed by atoms with Crippen LogP contribution in [0.1, 0.15) is 19.3 Å². The molecule has 3 nitrogen and oxygen atoms in total. The van der Waals surface area contributed by atoms with E-state index in [1.807, 2.05) is 11.2 Å².